The van der Waals surface area contributed by atoms with Gasteiger partial charge in [-0.2, -0.15) is 0 Å². The molecule has 0 amide bonds. The molecule has 0 spiro atoms. The molecule has 0 unspecified atom stereocenters. The molecule has 58 heavy (non-hydrogen) atoms. The first-order chi connectivity index (χ1) is 27.6. The molecule has 1 aliphatic heterocycles. The summed E-state index contributed by atoms with van der Waals surface area (Å²) in [5, 5.41) is 25.7. The van der Waals surface area contributed by atoms with Gasteiger partial charge in [0, 0.05) is 4.91 Å². The van der Waals surface area contributed by atoms with Gasteiger partial charge in [0.05, 0.1) is 18.8 Å². The second-order valence-corrected chi connectivity index (χ2v) is 16.5. The number of rotatable bonds is 27. The Bertz CT molecular complexity index is 1410. The molecular formula is C43H69N3O12. The van der Waals surface area contributed by atoms with Gasteiger partial charge in [-0.25, -0.2) is 14.4 Å². The van der Waals surface area contributed by atoms with E-state index in [2.05, 4.69) is 16.9 Å². The highest BCUT2D eigenvalue weighted by Crippen LogP contribution is 2.28. The summed E-state index contributed by atoms with van der Waals surface area (Å²) in [6.07, 6.45) is 9.51. The SMILES string of the molecule is CCCCCCCCCCCCC/C=C/[C@@H](OC(=O)c1ccccc1)[C@H](CO[C@H]1O[C@H](CO)[C@H](OCC(=O)OC(C)(C)C)[C@H](OCC(=O)OC(C)(C)C)[C@H]1O)N=[N+]=[N-]. The molecule has 2 rings (SSSR count). The number of aliphatic hydroxyl groups excluding tert-OH is 2. The third kappa shape index (κ3) is 20.9. The molecule has 15 heteroatoms. The molecule has 1 aliphatic rings. The van der Waals surface area contributed by atoms with Gasteiger partial charge in [-0.05, 0) is 78.1 Å². The highest BCUT2D eigenvalue weighted by atomic mass is 16.7. The largest absolute Gasteiger partial charge is 0.458 e. The topological polar surface area (TPSA) is 205 Å². The number of unbranched alkanes of at least 4 members (excludes halogenated alkanes) is 11. The van der Waals surface area contributed by atoms with E-state index in [-0.39, 0.29) is 0 Å². The van der Waals surface area contributed by atoms with Crippen molar-refractivity contribution in [3.63, 3.8) is 0 Å². The molecule has 328 valence electrons. The average molecular weight is 820 g/mol. The summed E-state index contributed by atoms with van der Waals surface area (Å²) >= 11 is 0. The molecule has 0 aliphatic carbocycles. The number of aliphatic hydroxyl groups is 2. The van der Waals surface area contributed by atoms with Gasteiger partial charge in [0.25, 0.3) is 0 Å². The standard InChI is InChI=1S/C43H69N3O12/c1-8-9-10-11-12-13-14-15-16-17-18-19-23-26-33(55-40(51)31-24-21-20-22-25-31)32(45-46-44)28-54-41-37(50)39(53-30-36(49)58-43(5,6)7)38(34(27-47)56-41)52-29-35(48)57-42(2,3)4/h20-26,32-34,37-39,41,47,50H,8-19,27-30H2,1-7H3/b26-23+/t32-,33+,34+,37+,38-,39+,41-/m0/s1. The number of carbonyl (C=O) groups is 3. The Morgan fingerprint density at radius 2 is 1.36 bits per heavy atom. The van der Waals surface area contributed by atoms with E-state index in [0.717, 1.165) is 19.3 Å². The highest BCUT2D eigenvalue weighted by Gasteiger charge is 2.48. The minimum atomic E-state index is -1.65. The van der Waals surface area contributed by atoms with E-state index < -0.39 is 98.4 Å². The molecule has 0 saturated carbocycles. The van der Waals surface area contributed by atoms with Crippen molar-refractivity contribution in [2.45, 2.75) is 180 Å². The van der Waals surface area contributed by atoms with E-state index in [0.29, 0.717) is 12.0 Å². The molecule has 0 bridgehead atoms. The minimum absolute atomic E-state index is 0.297. The Morgan fingerprint density at radius 3 is 1.88 bits per heavy atom. The lowest BCUT2D eigenvalue weighted by Crippen LogP contribution is -2.61. The summed E-state index contributed by atoms with van der Waals surface area (Å²) in [7, 11) is 0. The van der Waals surface area contributed by atoms with E-state index >= 15 is 0 Å². The summed E-state index contributed by atoms with van der Waals surface area (Å²) < 4.78 is 40.0. The number of hydrogen-bond acceptors (Lipinski definition) is 13. The van der Waals surface area contributed by atoms with Crippen LogP contribution in [0.25, 0.3) is 10.4 Å². The van der Waals surface area contributed by atoms with Crippen molar-refractivity contribution < 1.29 is 57.8 Å². The second-order valence-electron chi connectivity index (χ2n) is 16.5. The van der Waals surface area contributed by atoms with Crippen molar-refractivity contribution in [1.29, 1.82) is 0 Å². The number of benzene rings is 1. The monoisotopic (exact) mass is 819 g/mol. The third-order valence-electron chi connectivity index (χ3n) is 8.99. The fourth-order valence-electron chi connectivity index (χ4n) is 6.26. The van der Waals surface area contributed by atoms with Gasteiger partial charge in [-0.15, -0.1) is 0 Å². The number of nitrogens with zero attached hydrogens (tertiary/aromatic N) is 3. The zero-order valence-corrected chi connectivity index (χ0v) is 35.7. The van der Waals surface area contributed by atoms with Crippen LogP contribution in [0.3, 0.4) is 0 Å². The average Bonchev–Trinajstić information content (AvgIpc) is 3.15. The summed E-state index contributed by atoms with van der Waals surface area (Å²) in [5.74, 6) is -2.09. The predicted octanol–water partition coefficient (Wildman–Crippen LogP) is 7.70. The smallest absolute Gasteiger partial charge is 0.338 e. The fraction of sp³-hybridized carbons (Fsp3) is 0.744. The molecular weight excluding hydrogens is 750 g/mol. The second kappa shape index (κ2) is 27.2. The van der Waals surface area contributed by atoms with Gasteiger partial charge in [0.2, 0.25) is 0 Å². The quantitative estimate of drug-likeness (QED) is 0.0167. The Hall–Kier alpha value is -3.56. The number of azide groups is 1. The van der Waals surface area contributed by atoms with Crippen molar-refractivity contribution in [1.82, 2.24) is 0 Å². The fourth-order valence-corrected chi connectivity index (χ4v) is 6.26. The first-order valence-corrected chi connectivity index (χ1v) is 20.8. The van der Waals surface area contributed by atoms with Crippen molar-refractivity contribution in [2.75, 3.05) is 26.4 Å². The maximum Gasteiger partial charge on any atom is 0.338 e. The predicted molar refractivity (Wildman–Crippen MR) is 218 cm³/mol. The molecule has 1 aromatic carbocycles. The first-order valence-electron chi connectivity index (χ1n) is 20.8. The van der Waals surface area contributed by atoms with E-state index in [1.54, 1.807) is 78.0 Å². The van der Waals surface area contributed by atoms with E-state index in [1.807, 2.05) is 6.08 Å². The Balaban J connectivity index is 2.19. The summed E-state index contributed by atoms with van der Waals surface area (Å²) in [5.41, 5.74) is 8.22. The Morgan fingerprint density at radius 1 is 0.828 bits per heavy atom. The van der Waals surface area contributed by atoms with Gasteiger partial charge >= 0.3 is 17.9 Å². The lowest BCUT2D eigenvalue weighted by atomic mass is 9.98. The lowest BCUT2D eigenvalue weighted by Gasteiger charge is -2.43. The van der Waals surface area contributed by atoms with Crippen LogP contribution in [0.1, 0.15) is 136 Å². The molecule has 1 fully saturated rings. The molecule has 0 radical (unpaired) electrons. The van der Waals surface area contributed by atoms with Crippen LogP contribution in [0.2, 0.25) is 0 Å². The van der Waals surface area contributed by atoms with Crippen molar-refractivity contribution >= 4 is 17.9 Å². The maximum atomic E-state index is 13.2. The molecule has 7 atom stereocenters. The number of allylic oxidation sites excluding steroid dienone is 1. The van der Waals surface area contributed by atoms with Gasteiger partial charge in [-0.1, -0.05) is 101 Å². The third-order valence-corrected chi connectivity index (χ3v) is 8.99. The van der Waals surface area contributed by atoms with Gasteiger partial charge < -0.3 is 43.4 Å². The van der Waals surface area contributed by atoms with Crippen molar-refractivity contribution in [2.24, 2.45) is 5.11 Å². The molecule has 1 aromatic rings. The summed E-state index contributed by atoms with van der Waals surface area (Å²) in [6, 6.07) is 7.27. The van der Waals surface area contributed by atoms with E-state index in [1.165, 1.54) is 51.4 Å². The van der Waals surface area contributed by atoms with Crippen LogP contribution in [0, 0.1) is 0 Å². The number of carbonyl (C=O) groups excluding carboxylic acids is 3. The zero-order valence-electron chi connectivity index (χ0n) is 35.7. The number of hydrogen-bond donors (Lipinski definition) is 2. The first kappa shape index (κ1) is 50.6. The van der Waals surface area contributed by atoms with Crippen LogP contribution >= 0.6 is 0 Å². The van der Waals surface area contributed by atoms with Gasteiger partial charge in [0.1, 0.15) is 61.0 Å². The molecule has 1 saturated heterocycles. The zero-order chi connectivity index (χ0) is 43.0. The minimum Gasteiger partial charge on any atom is -0.458 e. The van der Waals surface area contributed by atoms with Crippen LogP contribution in [-0.4, -0.2) is 109 Å². The van der Waals surface area contributed by atoms with Crippen LogP contribution in [0.15, 0.2) is 47.6 Å². The van der Waals surface area contributed by atoms with Gasteiger partial charge in [-0.3, -0.25) is 0 Å². The normalized spacial score (nSPS) is 20.9. The van der Waals surface area contributed by atoms with Crippen molar-refractivity contribution in [3.8, 4) is 0 Å². The molecule has 2 N–H and O–H groups in total. The number of ether oxygens (including phenoxy) is 7. The van der Waals surface area contributed by atoms with E-state index in [4.69, 9.17) is 33.2 Å². The lowest BCUT2D eigenvalue weighted by molar-refractivity contribution is -0.314. The van der Waals surface area contributed by atoms with Crippen molar-refractivity contribution in [3.05, 3.63) is 58.5 Å². The summed E-state index contributed by atoms with van der Waals surface area (Å²) in [6.45, 7) is 10.1. The van der Waals surface area contributed by atoms with Crippen LogP contribution in [0.5, 0.6) is 0 Å². The maximum absolute atomic E-state index is 13.2. The Kier molecular flexibility index (Phi) is 23.8. The molecule has 0 aromatic heterocycles. The number of esters is 3. The van der Waals surface area contributed by atoms with E-state index in [9.17, 15) is 30.1 Å². The van der Waals surface area contributed by atoms with Crippen LogP contribution in [-0.2, 0) is 42.7 Å². The Labute approximate surface area is 344 Å². The van der Waals surface area contributed by atoms with Gasteiger partial charge in [0.15, 0.2) is 6.29 Å². The highest BCUT2D eigenvalue weighted by molar-refractivity contribution is 5.89. The summed E-state index contributed by atoms with van der Waals surface area (Å²) in [4.78, 5) is 41.3. The molecule has 1 heterocycles. The van der Waals surface area contributed by atoms with Crippen LogP contribution < -0.4 is 0 Å². The molecule has 15 nitrogen and oxygen atoms in total. The van der Waals surface area contributed by atoms with Crippen LogP contribution in [0.4, 0.5) is 0 Å².